The first-order valence-electron chi connectivity index (χ1n) is 9.91. The standard InChI is InChI=1S/C25H21N4/c1-16-9-8-11-19-18-10-4-6-13-21(18)28-15-23(27(3)25(28)24(16)19)29-17(2)26-20-12-5-7-14-22(20)29/h4-15H,1-3H3/q+1. The van der Waals surface area contributed by atoms with E-state index in [0.717, 1.165) is 22.7 Å². The topological polar surface area (TPSA) is 26.1 Å². The van der Waals surface area contributed by atoms with Crippen LogP contribution in [0.5, 0.6) is 0 Å². The summed E-state index contributed by atoms with van der Waals surface area (Å²) in [6.45, 7) is 4.27. The molecule has 0 unspecified atom stereocenters. The minimum absolute atomic E-state index is 0.989. The number of aryl methyl sites for hydroxylation is 3. The molecule has 0 N–H and O–H groups in total. The van der Waals surface area contributed by atoms with E-state index < -0.39 is 0 Å². The highest BCUT2D eigenvalue weighted by atomic mass is 15.2. The monoisotopic (exact) mass is 377 g/mol. The summed E-state index contributed by atoms with van der Waals surface area (Å²) in [6, 6.07) is 23.6. The smallest absolute Gasteiger partial charge is 0.231 e. The molecule has 3 aromatic carbocycles. The zero-order valence-corrected chi connectivity index (χ0v) is 16.7. The van der Waals surface area contributed by atoms with Crippen molar-refractivity contribution in [3.63, 3.8) is 0 Å². The third kappa shape index (κ3) is 2.08. The number of fused-ring (bicyclic) bond motifs is 7. The van der Waals surface area contributed by atoms with E-state index in [-0.39, 0.29) is 0 Å². The van der Waals surface area contributed by atoms with Crippen LogP contribution in [0.25, 0.3) is 44.2 Å². The average Bonchev–Trinajstić information content (AvgIpc) is 3.24. The van der Waals surface area contributed by atoms with Crippen molar-refractivity contribution in [2.24, 2.45) is 7.05 Å². The van der Waals surface area contributed by atoms with Gasteiger partial charge in [0.1, 0.15) is 22.7 Å². The first-order valence-corrected chi connectivity index (χ1v) is 9.91. The SMILES string of the molecule is Cc1cccc2c3ccccc3n3cc(-n4c(C)nc5ccccc54)[n+](C)c3c12. The lowest BCUT2D eigenvalue weighted by molar-refractivity contribution is -0.637. The van der Waals surface area contributed by atoms with E-state index in [9.17, 15) is 0 Å². The summed E-state index contributed by atoms with van der Waals surface area (Å²) in [4.78, 5) is 4.78. The Hall–Kier alpha value is -3.66. The molecule has 0 aliphatic rings. The largest absolute Gasteiger partial charge is 0.267 e. The highest BCUT2D eigenvalue weighted by molar-refractivity contribution is 6.12. The highest BCUT2D eigenvalue weighted by Gasteiger charge is 2.24. The Morgan fingerprint density at radius 3 is 2.38 bits per heavy atom. The van der Waals surface area contributed by atoms with Crippen LogP contribution in [0.4, 0.5) is 0 Å². The third-order valence-electron chi connectivity index (χ3n) is 6.04. The van der Waals surface area contributed by atoms with Gasteiger partial charge < -0.3 is 0 Å². The van der Waals surface area contributed by atoms with Crippen LogP contribution in [0.1, 0.15) is 11.4 Å². The number of pyridine rings is 1. The lowest BCUT2D eigenvalue weighted by Crippen LogP contribution is -2.32. The Labute approximate surface area is 168 Å². The fourth-order valence-corrected chi connectivity index (χ4v) is 4.75. The van der Waals surface area contributed by atoms with Crippen molar-refractivity contribution >= 4 is 38.4 Å². The first-order chi connectivity index (χ1) is 14.1. The molecule has 0 radical (unpaired) electrons. The summed E-state index contributed by atoms with van der Waals surface area (Å²) in [7, 11) is 2.15. The van der Waals surface area contributed by atoms with Gasteiger partial charge in [0.2, 0.25) is 5.65 Å². The van der Waals surface area contributed by atoms with E-state index in [1.54, 1.807) is 0 Å². The van der Waals surface area contributed by atoms with Crippen LogP contribution >= 0.6 is 0 Å². The molecule has 0 saturated heterocycles. The molecule has 0 spiro atoms. The number of hydrogen-bond donors (Lipinski definition) is 0. The van der Waals surface area contributed by atoms with Gasteiger partial charge in [0, 0.05) is 12.3 Å². The molecule has 6 rings (SSSR count). The van der Waals surface area contributed by atoms with Crippen molar-refractivity contribution in [1.82, 2.24) is 14.0 Å². The van der Waals surface area contributed by atoms with Crippen LogP contribution in [0.2, 0.25) is 0 Å². The Bertz CT molecular complexity index is 1580. The van der Waals surface area contributed by atoms with Crippen molar-refractivity contribution in [3.05, 3.63) is 84.3 Å². The van der Waals surface area contributed by atoms with Gasteiger partial charge in [0.15, 0.2) is 5.82 Å². The van der Waals surface area contributed by atoms with Gasteiger partial charge in [-0.2, -0.15) is 0 Å². The fraction of sp³-hybridized carbons (Fsp3) is 0.120. The predicted molar refractivity (Wildman–Crippen MR) is 118 cm³/mol. The zero-order valence-electron chi connectivity index (χ0n) is 16.7. The van der Waals surface area contributed by atoms with Crippen molar-refractivity contribution in [1.29, 1.82) is 0 Å². The van der Waals surface area contributed by atoms with Gasteiger partial charge in [-0.25, -0.2) is 18.5 Å². The number of benzene rings is 3. The summed E-state index contributed by atoms with van der Waals surface area (Å²) in [5, 5.41) is 3.86. The number of rotatable bonds is 1. The van der Waals surface area contributed by atoms with Gasteiger partial charge in [0.05, 0.1) is 12.4 Å². The van der Waals surface area contributed by atoms with E-state index in [1.807, 2.05) is 6.07 Å². The van der Waals surface area contributed by atoms with Gasteiger partial charge >= 0.3 is 0 Å². The molecule has 0 aliphatic heterocycles. The molecule has 0 atom stereocenters. The van der Waals surface area contributed by atoms with E-state index in [0.29, 0.717) is 0 Å². The Kier molecular flexibility index (Phi) is 3.19. The Balaban J connectivity index is 1.86. The molecule has 0 saturated carbocycles. The molecule has 3 aromatic heterocycles. The van der Waals surface area contributed by atoms with Crippen LogP contribution in [0, 0.1) is 13.8 Å². The molecule has 140 valence electrons. The van der Waals surface area contributed by atoms with Crippen molar-refractivity contribution in [2.45, 2.75) is 13.8 Å². The van der Waals surface area contributed by atoms with Crippen molar-refractivity contribution in [2.75, 3.05) is 0 Å². The van der Waals surface area contributed by atoms with E-state index in [4.69, 9.17) is 4.98 Å². The molecule has 3 heterocycles. The highest BCUT2D eigenvalue weighted by Crippen LogP contribution is 2.31. The molecule has 6 aromatic rings. The lowest BCUT2D eigenvalue weighted by atomic mass is 10.0. The normalized spacial score (nSPS) is 12.0. The zero-order chi connectivity index (χ0) is 19.7. The fourth-order valence-electron chi connectivity index (χ4n) is 4.75. The number of aromatic nitrogens is 4. The van der Waals surface area contributed by atoms with Gasteiger partial charge in [-0.1, -0.05) is 48.5 Å². The maximum Gasteiger partial charge on any atom is 0.267 e. The van der Waals surface area contributed by atoms with Gasteiger partial charge in [0.25, 0.3) is 5.82 Å². The Morgan fingerprint density at radius 1 is 0.793 bits per heavy atom. The third-order valence-corrected chi connectivity index (χ3v) is 6.04. The van der Waals surface area contributed by atoms with E-state index >= 15 is 0 Å². The lowest BCUT2D eigenvalue weighted by Gasteiger charge is -2.08. The van der Waals surface area contributed by atoms with Crippen LogP contribution in [-0.4, -0.2) is 14.0 Å². The van der Waals surface area contributed by atoms with Crippen LogP contribution < -0.4 is 4.57 Å². The number of hydrogen-bond acceptors (Lipinski definition) is 1. The minimum Gasteiger partial charge on any atom is -0.231 e. The summed E-state index contributed by atoms with van der Waals surface area (Å²) in [6.07, 6.45) is 2.24. The first kappa shape index (κ1) is 16.3. The van der Waals surface area contributed by atoms with Crippen molar-refractivity contribution in [3.8, 4) is 5.82 Å². The summed E-state index contributed by atoms with van der Waals surface area (Å²) < 4.78 is 6.87. The predicted octanol–water partition coefficient (Wildman–Crippen LogP) is 5.03. The van der Waals surface area contributed by atoms with Crippen LogP contribution in [-0.2, 0) is 7.05 Å². The molecular weight excluding hydrogens is 356 g/mol. The molecular formula is C25H21N4+. The molecule has 29 heavy (non-hydrogen) atoms. The van der Waals surface area contributed by atoms with Crippen LogP contribution in [0.3, 0.4) is 0 Å². The quantitative estimate of drug-likeness (QED) is 0.292. The van der Waals surface area contributed by atoms with Gasteiger partial charge in [-0.3, -0.25) is 0 Å². The van der Waals surface area contributed by atoms with Gasteiger partial charge in [-0.05, 0) is 36.1 Å². The molecule has 4 heteroatoms. The van der Waals surface area contributed by atoms with Crippen LogP contribution in [0.15, 0.2) is 72.9 Å². The second-order valence-corrected chi connectivity index (χ2v) is 7.74. The summed E-state index contributed by atoms with van der Waals surface area (Å²) >= 11 is 0. The van der Waals surface area contributed by atoms with Crippen molar-refractivity contribution < 1.29 is 4.57 Å². The number of nitrogens with zero attached hydrogens (tertiary/aromatic N) is 4. The second kappa shape index (κ2) is 5.67. The van der Waals surface area contributed by atoms with Gasteiger partial charge in [-0.15, -0.1) is 0 Å². The molecule has 0 fully saturated rings. The van der Waals surface area contributed by atoms with E-state index in [1.165, 1.54) is 32.9 Å². The summed E-state index contributed by atoms with van der Waals surface area (Å²) in [5.41, 5.74) is 5.84. The molecule has 0 amide bonds. The Morgan fingerprint density at radius 2 is 1.52 bits per heavy atom. The molecule has 0 aliphatic carbocycles. The van der Waals surface area contributed by atoms with E-state index in [2.05, 4.69) is 101 Å². The number of imidazole rings is 2. The maximum atomic E-state index is 4.78. The summed E-state index contributed by atoms with van der Waals surface area (Å²) in [5.74, 6) is 2.10. The number of para-hydroxylation sites is 3. The average molecular weight is 377 g/mol. The molecule has 0 bridgehead atoms. The second-order valence-electron chi connectivity index (χ2n) is 7.74. The molecule has 4 nitrogen and oxygen atoms in total. The minimum atomic E-state index is 0.989. The maximum absolute atomic E-state index is 4.78.